The summed E-state index contributed by atoms with van der Waals surface area (Å²) in [6, 6.07) is 4.28. The lowest BCUT2D eigenvalue weighted by atomic mass is 10.00. The van der Waals surface area contributed by atoms with Crippen LogP contribution in [0.5, 0.6) is 5.75 Å². The monoisotopic (exact) mass is 474 g/mol. The van der Waals surface area contributed by atoms with Crippen molar-refractivity contribution in [3.8, 4) is 5.75 Å². The molecule has 0 amide bonds. The number of rotatable bonds is 6. The summed E-state index contributed by atoms with van der Waals surface area (Å²) in [6.07, 6.45) is 8.62. The molecular formula is C25H32Cl2N4O. The Bertz CT molecular complexity index is 1060. The molecule has 0 radical (unpaired) electrons. The van der Waals surface area contributed by atoms with Crippen LogP contribution in [0.4, 0.5) is 5.82 Å². The van der Waals surface area contributed by atoms with Crippen molar-refractivity contribution in [2.45, 2.75) is 71.6 Å². The van der Waals surface area contributed by atoms with Crippen molar-refractivity contribution < 1.29 is 4.74 Å². The average molecular weight is 475 g/mol. The second-order valence-electron chi connectivity index (χ2n) is 8.69. The van der Waals surface area contributed by atoms with Crippen LogP contribution in [0.1, 0.15) is 69.2 Å². The van der Waals surface area contributed by atoms with Crippen LogP contribution in [0.3, 0.4) is 0 Å². The first-order valence-electron chi connectivity index (χ1n) is 11.5. The van der Waals surface area contributed by atoms with Gasteiger partial charge >= 0.3 is 0 Å². The summed E-state index contributed by atoms with van der Waals surface area (Å²) in [4.78, 5) is 4.66. The maximum Gasteiger partial charge on any atom is 0.143 e. The Morgan fingerprint density at radius 3 is 2.91 bits per heavy atom. The van der Waals surface area contributed by atoms with Crippen molar-refractivity contribution in [2.75, 3.05) is 6.54 Å². The van der Waals surface area contributed by atoms with Crippen LogP contribution in [-0.2, 0) is 13.0 Å². The number of aliphatic imine (C=N–C) groups is 1. The highest BCUT2D eigenvalue weighted by Crippen LogP contribution is 2.42. The molecule has 3 N–H and O–H groups in total. The highest BCUT2D eigenvalue weighted by atomic mass is 35.5. The Hall–Kier alpha value is -1.95. The predicted octanol–water partition coefficient (Wildman–Crippen LogP) is 6.44. The van der Waals surface area contributed by atoms with E-state index in [0.717, 1.165) is 78.6 Å². The van der Waals surface area contributed by atoms with Gasteiger partial charge in [-0.25, -0.2) is 4.99 Å². The lowest BCUT2D eigenvalue weighted by Gasteiger charge is -2.23. The van der Waals surface area contributed by atoms with Gasteiger partial charge in [0.1, 0.15) is 17.7 Å². The molecule has 1 aromatic heterocycles. The van der Waals surface area contributed by atoms with Crippen LogP contribution in [-0.4, -0.2) is 23.4 Å². The largest absolute Gasteiger partial charge is 0.490 e. The molecule has 1 saturated carbocycles. The molecule has 0 bridgehead atoms. The maximum atomic E-state index is 6.66. The van der Waals surface area contributed by atoms with Crippen LogP contribution in [0, 0.1) is 0 Å². The fourth-order valence-electron chi connectivity index (χ4n) is 4.76. The van der Waals surface area contributed by atoms with Gasteiger partial charge in [-0.2, -0.15) is 0 Å². The van der Waals surface area contributed by atoms with E-state index in [1.54, 1.807) is 6.21 Å². The first-order valence-corrected chi connectivity index (χ1v) is 12.2. The van der Waals surface area contributed by atoms with Crippen LogP contribution >= 0.6 is 23.2 Å². The zero-order chi connectivity index (χ0) is 22.8. The van der Waals surface area contributed by atoms with Crippen molar-refractivity contribution in [2.24, 2.45) is 10.7 Å². The third-order valence-electron chi connectivity index (χ3n) is 6.65. The van der Waals surface area contributed by atoms with E-state index in [0.29, 0.717) is 5.02 Å². The summed E-state index contributed by atoms with van der Waals surface area (Å²) in [5, 5.41) is 4.83. The summed E-state index contributed by atoms with van der Waals surface area (Å²) in [7, 11) is 0. The molecule has 2 aliphatic rings. The normalized spacial score (nSPS) is 21.7. The van der Waals surface area contributed by atoms with E-state index in [1.165, 1.54) is 11.1 Å². The van der Waals surface area contributed by atoms with E-state index in [9.17, 15) is 0 Å². The number of hydrogen-bond donors (Lipinski definition) is 2. The second-order valence-corrected chi connectivity index (χ2v) is 9.54. The third kappa shape index (κ3) is 4.57. The molecule has 2 atom stereocenters. The molecule has 2 aromatic rings. The Morgan fingerprint density at radius 2 is 2.16 bits per heavy atom. The van der Waals surface area contributed by atoms with Crippen molar-refractivity contribution >= 4 is 40.9 Å². The van der Waals surface area contributed by atoms with Crippen molar-refractivity contribution in [3.63, 3.8) is 0 Å². The first kappa shape index (κ1) is 23.2. The van der Waals surface area contributed by atoms with E-state index in [1.807, 2.05) is 26.1 Å². The van der Waals surface area contributed by atoms with Crippen molar-refractivity contribution in [1.82, 2.24) is 9.88 Å². The number of benzene rings is 1. The predicted molar refractivity (Wildman–Crippen MR) is 135 cm³/mol. The lowest BCUT2D eigenvalue weighted by molar-refractivity contribution is 0.201. The number of allylic oxidation sites excluding steroid dienone is 1. The Morgan fingerprint density at radius 1 is 1.34 bits per heavy atom. The van der Waals surface area contributed by atoms with Crippen LogP contribution < -0.4 is 15.8 Å². The molecule has 2 heterocycles. The van der Waals surface area contributed by atoms with Gasteiger partial charge in [0, 0.05) is 47.7 Å². The molecule has 0 saturated heterocycles. The lowest BCUT2D eigenvalue weighted by Crippen LogP contribution is -2.25. The molecule has 1 aromatic carbocycles. The minimum Gasteiger partial charge on any atom is -0.490 e. The van der Waals surface area contributed by atoms with E-state index in [2.05, 4.69) is 27.9 Å². The molecular weight excluding hydrogens is 443 g/mol. The van der Waals surface area contributed by atoms with Gasteiger partial charge in [0.2, 0.25) is 0 Å². The Labute approximate surface area is 200 Å². The van der Waals surface area contributed by atoms with Crippen LogP contribution in [0.25, 0.3) is 5.70 Å². The minimum atomic E-state index is 0.123. The number of fused-ring (bicyclic) bond motifs is 1. The van der Waals surface area contributed by atoms with Gasteiger partial charge in [-0.3, -0.25) is 0 Å². The Kier molecular flexibility index (Phi) is 7.18. The topological polar surface area (TPSA) is 64.6 Å². The third-order valence-corrected chi connectivity index (χ3v) is 7.16. The fraction of sp³-hybridized carbons (Fsp3) is 0.480. The van der Waals surface area contributed by atoms with Gasteiger partial charge < -0.3 is 20.4 Å². The summed E-state index contributed by atoms with van der Waals surface area (Å²) in [6.45, 7) is 7.86. The molecule has 2 unspecified atom stereocenters. The molecule has 172 valence electrons. The summed E-state index contributed by atoms with van der Waals surface area (Å²) in [5.41, 5.74) is 11.7. The number of halogens is 2. The number of ether oxygens (including phenoxy) is 1. The SMILES string of the molecule is CC=Nc1c(/C(N)=C(\C)CC)c(Cl)cn1C1CCC(Oc2cc(Cl)cc3c2CNCC3)C1. The van der Waals surface area contributed by atoms with E-state index >= 15 is 0 Å². The average Bonchev–Trinajstić information content (AvgIpc) is 3.37. The number of aromatic nitrogens is 1. The molecule has 7 heteroatoms. The highest BCUT2D eigenvalue weighted by molar-refractivity contribution is 6.33. The minimum absolute atomic E-state index is 0.123. The smallest absolute Gasteiger partial charge is 0.143 e. The fourth-order valence-corrected chi connectivity index (χ4v) is 5.28. The van der Waals surface area contributed by atoms with Gasteiger partial charge in [0.25, 0.3) is 0 Å². The standard InChI is InChI=1S/C25H32Cl2N4O/c1-4-15(3)24(28)23-21(27)14-31(25(23)30-5-2)18-6-7-19(12-18)32-22-11-17(26)10-16-8-9-29-13-20(16)22/h5,10-11,14,18-19,29H,4,6-9,12-13,28H2,1-3H3/b24-15-,30-5?. The van der Waals surface area contributed by atoms with Crippen LogP contribution in [0.2, 0.25) is 10.0 Å². The van der Waals surface area contributed by atoms with Crippen molar-refractivity contribution in [3.05, 3.63) is 50.6 Å². The first-order chi connectivity index (χ1) is 15.4. The molecule has 1 fully saturated rings. The second kappa shape index (κ2) is 9.90. The van der Waals surface area contributed by atoms with E-state index < -0.39 is 0 Å². The van der Waals surface area contributed by atoms with Crippen LogP contribution in [0.15, 0.2) is 28.9 Å². The zero-order valence-electron chi connectivity index (χ0n) is 19.0. The van der Waals surface area contributed by atoms with Gasteiger partial charge in [0.05, 0.1) is 10.6 Å². The maximum absolute atomic E-state index is 6.66. The molecule has 1 aliphatic heterocycles. The molecule has 0 spiro atoms. The van der Waals surface area contributed by atoms with E-state index in [-0.39, 0.29) is 12.1 Å². The van der Waals surface area contributed by atoms with Gasteiger partial charge in [0.15, 0.2) is 0 Å². The quantitative estimate of drug-likeness (QED) is 0.473. The van der Waals surface area contributed by atoms with Gasteiger partial charge in [-0.05, 0) is 69.3 Å². The summed E-state index contributed by atoms with van der Waals surface area (Å²) in [5.74, 6) is 1.74. The number of hydrogen-bond acceptors (Lipinski definition) is 4. The van der Waals surface area contributed by atoms with Crippen molar-refractivity contribution in [1.29, 1.82) is 0 Å². The number of nitrogens with zero attached hydrogens (tertiary/aromatic N) is 2. The molecule has 1 aliphatic carbocycles. The highest BCUT2D eigenvalue weighted by Gasteiger charge is 2.31. The van der Waals surface area contributed by atoms with E-state index in [4.69, 9.17) is 33.7 Å². The van der Waals surface area contributed by atoms with Gasteiger partial charge in [-0.15, -0.1) is 0 Å². The number of nitrogens with one attached hydrogen (secondary N) is 1. The summed E-state index contributed by atoms with van der Waals surface area (Å²) >= 11 is 13.0. The summed E-state index contributed by atoms with van der Waals surface area (Å²) < 4.78 is 8.69. The molecule has 32 heavy (non-hydrogen) atoms. The molecule has 5 nitrogen and oxygen atoms in total. The zero-order valence-corrected chi connectivity index (χ0v) is 20.6. The molecule has 4 rings (SSSR count). The van der Waals surface area contributed by atoms with Gasteiger partial charge in [-0.1, -0.05) is 30.1 Å². The number of nitrogens with two attached hydrogens (primary N) is 1. The Balaban J connectivity index is 1.59.